The molecule has 0 radical (unpaired) electrons. The van der Waals surface area contributed by atoms with Crippen molar-refractivity contribution >= 4 is 23.3 Å². The van der Waals surface area contributed by atoms with Crippen LogP contribution in [0.4, 0.5) is 13.2 Å². The lowest BCUT2D eigenvalue weighted by Crippen LogP contribution is -2.12. The Morgan fingerprint density at radius 2 is 1.81 bits per heavy atom. The Bertz CT molecular complexity index is 1270. The summed E-state index contributed by atoms with van der Waals surface area (Å²) in [6, 6.07) is 6.99. The van der Waals surface area contributed by atoms with Gasteiger partial charge in [-0.25, -0.2) is 9.97 Å². The second kappa shape index (κ2) is 9.73. The number of ether oxygens (including phenoxy) is 1. The van der Waals surface area contributed by atoms with Gasteiger partial charge in [-0.3, -0.25) is 14.8 Å². The van der Waals surface area contributed by atoms with E-state index in [-0.39, 0.29) is 40.7 Å². The van der Waals surface area contributed by atoms with E-state index in [9.17, 15) is 18.0 Å². The average Bonchev–Trinajstić information content (AvgIpc) is 2.77. The van der Waals surface area contributed by atoms with E-state index in [2.05, 4.69) is 24.9 Å². The molecule has 0 aromatic carbocycles. The molecule has 7 nitrogen and oxygen atoms in total. The predicted molar refractivity (Wildman–Crippen MR) is 114 cm³/mol. The summed E-state index contributed by atoms with van der Waals surface area (Å²) < 4.78 is 44.4. The number of aromatic nitrogens is 5. The molecule has 4 aromatic heterocycles. The van der Waals surface area contributed by atoms with Gasteiger partial charge in [0.25, 0.3) is 5.56 Å². The Kier molecular flexibility index (Phi) is 7.04. The SMILES string of the molecule is Cl.O=c1[nH]c(-c2cc(C(F)(F)F)ccn2)nc2cnc(OCCCc3ccncc3)cc12. The molecule has 0 aliphatic heterocycles. The standard InChI is InChI=1S/C21H16F3N5O2.ClH/c22-21(23,24)14-5-8-26-16(10-14)19-28-17-12-27-18(11-15(17)20(30)29-19)31-9-1-2-13-3-6-25-7-4-13;/h3-8,10-12H,1-2,9H2,(H,28,29,30);1H. The van der Waals surface area contributed by atoms with Crippen LogP contribution < -0.4 is 10.3 Å². The first-order valence-corrected chi connectivity index (χ1v) is 9.35. The van der Waals surface area contributed by atoms with Crippen LogP contribution in [0.3, 0.4) is 0 Å². The summed E-state index contributed by atoms with van der Waals surface area (Å²) in [5.41, 5.74) is -0.133. The molecule has 0 saturated heterocycles. The van der Waals surface area contributed by atoms with E-state index in [1.165, 1.54) is 12.3 Å². The molecule has 11 heteroatoms. The van der Waals surface area contributed by atoms with E-state index in [1.54, 1.807) is 12.4 Å². The Morgan fingerprint density at radius 1 is 1.03 bits per heavy atom. The maximum atomic E-state index is 12.9. The summed E-state index contributed by atoms with van der Waals surface area (Å²) in [7, 11) is 0. The van der Waals surface area contributed by atoms with Gasteiger partial charge in [0.05, 0.1) is 29.3 Å². The fourth-order valence-corrected chi connectivity index (χ4v) is 2.96. The Labute approximate surface area is 186 Å². The quantitative estimate of drug-likeness (QED) is 0.430. The van der Waals surface area contributed by atoms with Gasteiger partial charge in [0, 0.05) is 24.7 Å². The average molecular weight is 464 g/mol. The molecule has 1 N–H and O–H groups in total. The van der Waals surface area contributed by atoms with Crippen molar-refractivity contribution in [1.82, 2.24) is 24.9 Å². The second-order valence-electron chi connectivity index (χ2n) is 6.69. The molecule has 0 saturated carbocycles. The lowest BCUT2D eigenvalue weighted by Gasteiger charge is -2.09. The fraction of sp³-hybridized carbons (Fsp3) is 0.190. The number of alkyl halides is 3. The Hall–Kier alpha value is -3.53. The third-order valence-corrected chi connectivity index (χ3v) is 4.51. The van der Waals surface area contributed by atoms with Gasteiger partial charge in [0.1, 0.15) is 5.69 Å². The summed E-state index contributed by atoms with van der Waals surface area (Å²) in [6.45, 7) is 0.401. The van der Waals surface area contributed by atoms with Crippen LogP contribution in [0.1, 0.15) is 17.5 Å². The highest BCUT2D eigenvalue weighted by molar-refractivity contribution is 5.85. The minimum absolute atomic E-state index is 0. The van der Waals surface area contributed by atoms with Gasteiger partial charge in [-0.1, -0.05) is 0 Å². The predicted octanol–water partition coefficient (Wildman–Crippen LogP) is 4.23. The molecule has 0 fully saturated rings. The summed E-state index contributed by atoms with van der Waals surface area (Å²) in [4.78, 5) is 31.1. The number of rotatable bonds is 6. The summed E-state index contributed by atoms with van der Waals surface area (Å²) in [5.74, 6) is 0.191. The number of hydrogen-bond donors (Lipinski definition) is 1. The van der Waals surface area contributed by atoms with Gasteiger partial charge >= 0.3 is 6.18 Å². The molecule has 166 valence electrons. The summed E-state index contributed by atoms with van der Waals surface area (Å²) in [6.07, 6.45) is 2.85. The molecule has 0 spiro atoms. The van der Waals surface area contributed by atoms with Crippen molar-refractivity contribution in [2.45, 2.75) is 19.0 Å². The Morgan fingerprint density at radius 3 is 2.56 bits per heavy atom. The number of aryl methyl sites for hydroxylation is 1. The molecule has 0 aliphatic rings. The van der Waals surface area contributed by atoms with Crippen molar-refractivity contribution in [2.24, 2.45) is 0 Å². The zero-order valence-corrected chi connectivity index (χ0v) is 17.3. The zero-order chi connectivity index (χ0) is 21.8. The third-order valence-electron chi connectivity index (χ3n) is 4.51. The minimum Gasteiger partial charge on any atom is -0.478 e. The highest BCUT2D eigenvalue weighted by Crippen LogP contribution is 2.30. The molecule has 0 amide bonds. The molecule has 4 heterocycles. The monoisotopic (exact) mass is 463 g/mol. The topological polar surface area (TPSA) is 93.7 Å². The van der Waals surface area contributed by atoms with E-state index in [1.807, 2.05) is 12.1 Å². The number of aromatic amines is 1. The van der Waals surface area contributed by atoms with Crippen molar-refractivity contribution in [3.63, 3.8) is 0 Å². The normalized spacial score (nSPS) is 11.2. The number of hydrogen-bond acceptors (Lipinski definition) is 6. The van der Waals surface area contributed by atoms with Gasteiger partial charge in [-0.2, -0.15) is 13.2 Å². The van der Waals surface area contributed by atoms with E-state index in [4.69, 9.17) is 4.74 Å². The smallest absolute Gasteiger partial charge is 0.416 e. The summed E-state index contributed by atoms with van der Waals surface area (Å²) >= 11 is 0. The summed E-state index contributed by atoms with van der Waals surface area (Å²) in [5, 5.41) is 0.217. The lowest BCUT2D eigenvalue weighted by molar-refractivity contribution is -0.137. The number of halogens is 4. The molecule has 0 unspecified atom stereocenters. The molecule has 32 heavy (non-hydrogen) atoms. The largest absolute Gasteiger partial charge is 0.478 e. The molecule has 0 bridgehead atoms. The molecular formula is C21H17ClF3N5O2. The molecule has 4 rings (SSSR count). The van der Waals surface area contributed by atoms with Crippen LogP contribution in [0, 0.1) is 0 Å². The van der Waals surface area contributed by atoms with Crippen molar-refractivity contribution in [3.05, 3.63) is 76.6 Å². The number of nitrogens with one attached hydrogen (secondary N) is 1. The van der Waals surface area contributed by atoms with Crippen LogP contribution in [-0.2, 0) is 12.6 Å². The van der Waals surface area contributed by atoms with Gasteiger partial charge in [-0.05, 0) is 42.7 Å². The molecule has 0 aliphatic carbocycles. The van der Waals surface area contributed by atoms with Crippen LogP contribution in [0.25, 0.3) is 22.4 Å². The van der Waals surface area contributed by atoms with Crippen LogP contribution in [-0.4, -0.2) is 31.5 Å². The highest BCUT2D eigenvalue weighted by Gasteiger charge is 2.31. The Balaban J connectivity index is 0.00000289. The van der Waals surface area contributed by atoms with Gasteiger partial charge in [0.15, 0.2) is 5.82 Å². The van der Waals surface area contributed by atoms with Crippen molar-refractivity contribution in [1.29, 1.82) is 0 Å². The minimum atomic E-state index is -4.53. The number of nitrogens with zero attached hydrogens (tertiary/aromatic N) is 4. The van der Waals surface area contributed by atoms with Gasteiger partial charge in [-0.15, -0.1) is 12.4 Å². The molecule has 0 atom stereocenters. The number of H-pyrrole nitrogens is 1. The first-order chi connectivity index (χ1) is 14.9. The highest BCUT2D eigenvalue weighted by atomic mass is 35.5. The maximum absolute atomic E-state index is 12.9. The first-order valence-electron chi connectivity index (χ1n) is 9.35. The van der Waals surface area contributed by atoms with E-state index in [0.29, 0.717) is 6.61 Å². The van der Waals surface area contributed by atoms with E-state index in [0.717, 1.165) is 36.7 Å². The lowest BCUT2D eigenvalue weighted by atomic mass is 10.1. The van der Waals surface area contributed by atoms with Crippen molar-refractivity contribution in [3.8, 4) is 17.4 Å². The van der Waals surface area contributed by atoms with Crippen molar-refractivity contribution in [2.75, 3.05) is 6.61 Å². The van der Waals surface area contributed by atoms with Crippen LogP contribution in [0.5, 0.6) is 5.88 Å². The van der Waals surface area contributed by atoms with E-state index < -0.39 is 17.3 Å². The third kappa shape index (κ3) is 5.38. The van der Waals surface area contributed by atoms with Crippen LogP contribution in [0.15, 0.2) is 59.9 Å². The van der Waals surface area contributed by atoms with Crippen LogP contribution >= 0.6 is 12.4 Å². The molecular weight excluding hydrogens is 447 g/mol. The zero-order valence-electron chi connectivity index (χ0n) is 16.5. The fourth-order valence-electron chi connectivity index (χ4n) is 2.96. The first kappa shape index (κ1) is 23.1. The van der Waals surface area contributed by atoms with Gasteiger partial charge in [0.2, 0.25) is 5.88 Å². The number of pyridine rings is 3. The van der Waals surface area contributed by atoms with E-state index >= 15 is 0 Å². The maximum Gasteiger partial charge on any atom is 0.416 e. The van der Waals surface area contributed by atoms with Crippen molar-refractivity contribution < 1.29 is 17.9 Å². The number of fused-ring (bicyclic) bond motifs is 1. The molecule has 4 aromatic rings. The second-order valence-corrected chi connectivity index (χ2v) is 6.69. The van der Waals surface area contributed by atoms with Crippen LogP contribution in [0.2, 0.25) is 0 Å². The van der Waals surface area contributed by atoms with Gasteiger partial charge < -0.3 is 9.72 Å².